The molecule has 4 rings (SSSR count). The lowest BCUT2D eigenvalue weighted by Crippen LogP contribution is -1.94. The van der Waals surface area contributed by atoms with Crippen LogP contribution in [-0.2, 0) is 7.05 Å². The van der Waals surface area contributed by atoms with E-state index in [-0.39, 0.29) is 5.25 Å². The molecule has 0 bridgehead atoms. The molecule has 2 aromatic carbocycles. The molecule has 0 unspecified atom stereocenters. The number of rotatable bonds is 5. The van der Waals surface area contributed by atoms with Gasteiger partial charge in [-0.05, 0) is 18.6 Å². The van der Waals surface area contributed by atoms with Crippen LogP contribution in [0.3, 0.4) is 0 Å². The first-order chi connectivity index (χ1) is 12.7. The van der Waals surface area contributed by atoms with Gasteiger partial charge in [0.2, 0.25) is 0 Å². The van der Waals surface area contributed by atoms with Crippen molar-refractivity contribution in [3.63, 3.8) is 0 Å². The molecular weight excluding hydrogens is 344 g/mol. The summed E-state index contributed by atoms with van der Waals surface area (Å²) in [4.78, 5) is 0. The Bertz CT molecular complexity index is 1010. The van der Waals surface area contributed by atoms with Crippen LogP contribution >= 0.6 is 11.8 Å². The van der Waals surface area contributed by atoms with Gasteiger partial charge in [0.05, 0.1) is 0 Å². The van der Waals surface area contributed by atoms with Gasteiger partial charge in [-0.15, -0.1) is 10.2 Å². The summed E-state index contributed by atoms with van der Waals surface area (Å²) < 4.78 is 7.51. The second-order valence-corrected chi connectivity index (χ2v) is 7.36. The number of nitrogens with zero attached hydrogens (tertiary/aromatic N) is 4. The third kappa shape index (κ3) is 3.41. The summed E-state index contributed by atoms with van der Waals surface area (Å²) in [7, 11) is 1.95. The highest BCUT2D eigenvalue weighted by Crippen LogP contribution is 2.35. The van der Waals surface area contributed by atoms with Crippen LogP contribution in [0.5, 0.6) is 0 Å². The summed E-state index contributed by atoms with van der Waals surface area (Å²) in [5, 5.41) is 13.4. The molecule has 2 aromatic heterocycles. The molecule has 0 fully saturated rings. The number of thioether (sulfide) groups is 1. The van der Waals surface area contributed by atoms with E-state index in [4.69, 9.17) is 4.52 Å². The third-order valence-electron chi connectivity index (χ3n) is 4.17. The van der Waals surface area contributed by atoms with Gasteiger partial charge in [0.25, 0.3) is 0 Å². The Labute approximate surface area is 156 Å². The van der Waals surface area contributed by atoms with E-state index in [1.807, 2.05) is 60.1 Å². The van der Waals surface area contributed by atoms with Crippen molar-refractivity contribution in [3.05, 3.63) is 72.6 Å². The predicted octanol–water partition coefficient (Wildman–Crippen LogP) is 4.99. The zero-order valence-electron chi connectivity index (χ0n) is 14.5. The van der Waals surface area contributed by atoms with Gasteiger partial charge in [-0.1, -0.05) is 65.4 Å². The lowest BCUT2D eigenvalue weighted by atomic mass is 10.1. The fourth-order valence-electron chi connectivity index (χ4n) is 2.71. The average Bonchev–Trinajstić information content (AvgIpc) is 3.32. The number of aryl methyl sites for hydroxylation is 1. The van der Waals surface area contributed by atoms with Gasteiger partial charge in [0.15, 0.2) is 10.9 Å². The number of hydrogen-bond donors (Lipinski definition) is 0. The molecule has 0 spiro atoms. The molecule has 0 radical (unpaired) electrons. The maximum Gasteiger partial charge on any atom is 0.191 e. The first-order valence-corrected chi connectivity index (χ1v) is 9.22. The molecule has 1 atom stereocenters. The molecule has 0 aliphatic carbocycles. The minimum absolute atomic E-state index is 0.245. The molecule has 0 saturated heterocycles. The number of aromatic nitrogens is 4. The minimum Gasteiger partial charge on any atom is -0.356 e. The molecular formula is C20H18N4OS. The highest BCUT2D eigenvalue weighted by molar-refractivity contribution is 7.99. The van der Waals surface area contributed by atoms with E-state index in [1.165, 1.54) is 5.56 Å². The van der Waals surface area contributed by atoms with Crippen LogP contribution in [0.15, 0.2) is 76.7 Å². The van der Waals surface area contributed by atoms with E-state index in [2.05, 4.69) is 34.4 Å². The van der Waals surface area contributed by atoms with Crippen LogP contribution in [0.1, 0.15) is 17.7 Å². The van der Waals surface area contributed by atoms with Gasteiger partial charge in [-0.3, -0.25) is 0 Å². The fourth-order valence-corrected chi connectivity index (χ4v) is 3.61. The summed E-state index contributed by atoms with van der Waals surface area (Å²) in [6.45, 7) is 2.16. The molecule has 5 nitrogen and oxygen atoms in total. The monoisotopic (exact) mass is 362 g/mol. The van der Waals surface area contributed by atoms with Crippen molar-refractivity contribution in [1.29, 1.82) is 0 Å². The van der Waals surface area contributed by atoms with E-state index >= 15 is 0 Å². The molecule has 4 aromatic rings. The van der Waals surface area contributed by atoms with Gasteiger partial charge in [-0.25, -0.2) is 0 Å². The zero-order valence-corrected chi connectivity index (χ0v) is 15.4. The molecule has 0 aliphatic rings. The zero-order chi connectivity index (χ0) is 17.9. The second kappa shape index (κ2) is 7.17. The van der Waals surface area contributed by atoms with E-state index < -0.39 is 0 Å². The lowest BCUT2D eigenvalue weighted by molar-refractivity contribution is 0.435. The van der Waals surface area contributed by atoms with Gasteiger partial charge in [0.1, 0.15) is 12.0 Å². The fraction of sp³-hybridized carbons (Fsp3) is 0.150. The van der Waals surface area contributed by atoms with E-state index in [0.29, 0.717) is 0 Å². The highest BCUT2D eigenvalue weighted by Gasteiger charge is 2.14. The molecule has 0 N–H and O–H groups in total. The molecule has 2 heterocycles. The lowest BCUT2D eigenvalue weighted by Gasteiger charge is -2.11. The van der Waals surface area contributed by atoms with Crippen LogP contribution < -0.4 is 0 Å². The molecule has 0 saturated carbocycles. The topological polar surface area (TPSA) is 56.7 Å². The van der Waals surface area contributed by atoms with Crippen molar-refractivity contribution in [2.45, 2.75) is 17.3 Å². The van der Waals surface area contributed by atoms with E-state index in [1.54, 1.807) is 18.1 Å². The van der Waals surface area contributed by atoms with E-state index in [9.17, 15) is 0 Å². The maximum atomic E-state index is 5.58. The first kappa shape index (κ1) is 16.6. The van der Waals surface area contributed by atoms with Gasteiger partial charge < -0.3 is 9.09 Å². The Hall–Kier alpha value is -2.86. The Kier molecular flexibility index (Phi) is 4.58. The quantitative estimate of drug-likeness (QED) is 0.468. The molecule has 130 valence electrons. The van der Waals surface area contributed by atoms with Gasteiger partial charge in [0, 0.05) is 29.5 Å². The summed E-state index contributed by atoms with van der Waals surface area (Å²) >= 11 is 1.68. The number of benzene rings is 2. The molecule has 0 amide bonds. The van der Waals surface area contributed by atoms with Crippen LogP contribution in [0.2, 0.25) is 0 Å². The summed E-state index contributed by atoms with van der Waals surface area (Å²) in [6.07, 6.45) is 1.71. The average molecular weight is 362 g/mol. The van der Waals surface area contributed by atoms with Crippen molar-refractivity contribution in [2.75, 3.05) is 0 Å². The smallest absolute Gasteiger partial charge is 0.191 e. The van der Waals surface area contributed by atoms with E-state index in [0.717, 1.165) is 27.7 Å². The molecule has 26 heavy (non-hydrogen) atoms. The highest BCUT2D eigenvalue weighted by atomic mass is 32.2. The normalized spacial score (nSPS) is 12.2. The Balaban J connectivity index is 1.58. The van der Waals surface area contributed by atoms with Crippen LogP contribution in [0.25, 0.3) is 22.6 Å². The summed E-state index contributed by atoms with van der Waals surface area (Å²) in [5.41, 5.74) is 4.10. The first-order valence-electron chi connectivity index (χ1n) is 8.34. The Morgan fingerprint density at radius 2 is 1.81 bits per heavy atom. The minimum atomic E-state index is 0.245. The summed E-state index contributed by atoms with van der Waals surface area (Å²) in [5.74, 6) is 0.765. The Morgan fingerprint density at radius 1 is 1.00 bits per heavy atom. The van der Waals surface area contributed by atoms with Crippen molar-refractivity contribution >= 4 is 11.8 Å². The molecule has 0 aliphatic heterocycles. The standard InChI is InChI=1S/C20H18N4OS/c1-14(26-20-22-21-13-24(20)2)16-9-6-10-17(11-16)19-12-18(23-25-19)15-7-4-3-5-8-15/h3-14H,1-2H3/t14-/m1/s1. The maximum absolute atomic E-state index is 5.58. The Morgan fingerprint density at radius 3 is 2.58 bits per heavy atom. The SMILES string of the molecule is C[C@@H](Sc1nncn1C)c1cccc(-c2cc(-c3ccccc3)no2)c1. The largest absolute Gasteiger partial charge is 0.356 e. The second-order valence-electron chi connectivity index (χ2n) is 6.05. The van der Waals surface area contributed by atoms with Crippen LogP contribution in [0.4, 0.5) is 0 Å². The third-order valence-corrected chi connectivity index (χ3v) is 5.38. The number of hydrogen-bond acceptors (Lipinski definition) is 5. The van der Waals surface area contributed by atoms with Gasteiger partial charge >= 0.3 is 0 Å². The van der Waals surface area contributed by atoms with Crippen LogP contribution in [0, 0.1) is 0 Å². The van der Waals surface area contributed by atoms with Crippen molar-refractivity contribution in [3.8, 4) is 22.6 Å². The molecule has 6 heteroatoms. The van der Waals surface area contributed by atoms with Crippen molar-refractivity contribution < 1.29 is 4.52 Å². The van der Waals surface area contributed by atoms with Crippen LogP contribution in [-0.4, -0.2) is 19.9 Å². The van der Waals surface area contributed by atoms with Crippen molar-refractivity contribution in [2.24, 2.45) is 7.05 Å². The summed E-state index contributed by atoms with van der Waals surface area (Å²) in [6, 6.07) is 20.4. The van der Waals surface area contributed by atoms with Crippen molar-refractivity contribution in [1.82, 2.24) is 19.9 Å². The predicted molar refractivity (Wildman–Crippen MR) is 103 cm³/mol. The van der Waals surface area contributed by atoms with Gasteiger partial charge in [-0.2, -0.15) is 0 Å².